The molecule has 2 aromatic heterocycles. The van der Waals surface area contributed by atoms with Crippen molar-refractivity contribution in [3.63, 3.8) is 0 Å². The molecule has 1 N–H and O–H groups in total. The number of rotatable bonds is 6. The molecule has 5 nitrogen and oxygen atoms in total. The van der Waals surface area contributed by atoms with Gasteiger partial charge in [0.15, 0.2) is 0 Å². The van der Waals surface area contributed by atoms with Crippen molar-refractivity contribution < 1.29 is 9.53 Å². The quantitative estimate of drug-likeness (QED) is 0.684. The van der Waals surface area contributed by atoms with E-state index in [0.29, 0.717) is 11.5 Å². The molecule has 26 heavy (non-hydrogen) atoms. The maximum Gasteiger partial charge on any atom is 0.265 e. The lowest BCUT2D eigenvalue weighted by Crippen LogP contribution is -2.11. The standard InChI is InChI=1S/C20H23N3O2S/c1-5-23-15(4)17(10-21-23)22-20(24)18-9-16(12-26-18)11-25-19-13(2)7-6-8-14(19)3/h6-10,12H,5,11H2,1-4H3,(H,22,24). The van der Waals surface area contributed by atoms with Crippen molar-refractivity contribution in [3.05, 3.63) is 63.1 Å². The molecule has 0 saturated heterocycles. The van der Waals surface area contributed by atoms with Gasteiger partial charge >= 0.3 is 0 Å². The van der Waals surface area contributed by atoms with Gasteiger partial charge in [0, 0.05) is 12.1 Å². The lowest BCUT2D eigenvalue weighted by atomic mass is 10.1. The molecule has 1 amide bonds. The first-order valence-electron chi connectivity index (χ1n) is 8.59. The van der Waals surface area contributed by atoms with Gasteiger partial charge in [-0.25, -0.2) is 0 Å². The Hall–Kier alpha value is -2.60. The molecule has 0 fully saturated rings. The van der Waals surface area contributed by atoms with Gasteiger partial charge in [0.05, 0.1) is 22.5 Å². The SMILES string of the molecule is CCn1ncc(NC(=O)c2cc(COc3c(C)cccc3C)cs2)c1C. The van der Waals surface area contributed by atoms with Crippen LogP contribution in [0.1, 0.15) is 39.0 Å². The Bertz CT molecular complexity index is 907. The van der Waals surface area contributed by atoms with E-state index in [9.17, 15) is 4.79 Å². The van der Waals surface area contributed by atoms with Crippen LogP contribution in [-0.2, 0) is 13.2 Å². The fourth-order valence-corrected chi connectivity index (χ4v) is 3.62. The molecule has 2 heterocycles. The number of thiophene rings is 1. The molecule has 0 unspecified atom stereocenters. The molecule has 0 atom stereocenters. The highest BCUT2D eigenvalue weighted by Gasteiger charge is 2.13. The number of aromatic nitrogens is 2. The zero-order valence-corrected chi connectivity index (χ0v) is 16.3. The van der Waals surface area contributed by atoms with E-state index >= 15 is 0 Å². The van der Waals surface area contributed by atoms with Crippen molar-refractivity contribution in [2.45, 2.75) is 40.8 Å². The number of aryl methyl sites for hydroxylation is 3. The number of benzene rings is 1. The number of para-hydroxylation sites is 1. The third-order valence-electron chi connectivity index (χ3n) is 4.32. The van der Waals surface area contributed by atoms with Crippen LogP contribution in [0.5, 0.6) is 5.75 Å². The number of carbonyl (C=O) groups is 1. The summed E-state index contributed by atoms with van der Waals surface area (Å²) in [5.74, 6) is 0.791. The van der Waals surface area contributed by atoms with E-state index in [0.717, 1.165) is 40.4 Å². The van der Waals surface area contributed by atoms with Crippen LogP contribution in [0.4, 0.5) is 5.69 Å². The van der Waals surface area contributed by atoms with Crippen LogP contribution in [0.15, 0.2) is 35.8 Å². The molecule has 3 aromatic rings. The summed E-state index contributed by atoms with van der Waals surface area (Å²) in [5, 5.41) is 9.15. The van der Waals surface area contributed by atoms with Crippen LogP contribution in [-0.4, -0.2) is 15.7 Å². The number of nitrogens with one attached hydrogen (secondary N) is 1. The van der Waals surface area contributed by atoms with Crippen molar-refractivity contribution >= 4 is 22.9 Å². The summed E-state index contributed by atoms with van der Waals surface area (Å²) in [5.41, 5.74) is 4.92. The monoisotopic (exact) mass is 369 g/mol. The van der Waals surface area contributed by atoms with Crippen LogP contribution in [0.2, 0.25) is 0 Å². The van der Waals surface area contributed by atoms with Crippen molar-refractivity contribution in [1.29, 1.82) is 0 Å². The van der Waals surface area contributed by atoms with E-state index in [1.165, 1.54) is 11.3 Å². The minimum Gasteiger partial charge on any atom is -0.488 e. The predicted octanol–water partition coefficient (Wildman–Crippen LogP) is 4.72. The normalized spacial score (nSPS) is 10.8. The first-order chi connectivity index (χ1) is 12.5. The first-order valence-corrected chi connectivity index (χ1v) is 9.47. The summed E-state index contributed by atoms with van der Waals surface area (Å²) in [7, 11) is 0. The summed E-state index contributed by atoms with van der Waals surface area (Å²) in [6, 6.07) is 7.97. The maximum absolute atomic E-state index is 12.5. The van der Waals surface area contributed by atoms with Crippen LogP contribution < -0.4 is 10.1 Å². The van der Waals surface area contributed by atoms with Gasteiger partial charge in [0.2, 0.25) is 0 Å². The van der Waals surface area contributed by atoms with Gasteiger partial charge in [0.25, 0.3) is 5.91 Å². The second-order valence-corrected chi connectivity index (χ2v) is 7.15. The van der Waals surface area contributed by atoms with E-state index in [2.05, 4.69) is 10.4 Å². The molecule has 0 bridgehead atoms. The third-order valence-corrected chi connectivity index (χ3v) is 5.30. The number of anilines is 1. The second kappa shape index (κ2) is 7.74. The highest BCUT2D eigenvalue weighted by Crippen LogP contribution is 2.25. The highest BCUT2D eigenvalue weighted by atomic mass is 32.1. The second-order valence-electron chi connectivity index (χ2n) is 6.24. The molecule has 1 aromatic carbocycles. The molecule has 0 aliphatic heterocycles. The van der Waals surface area contributed by atoms with Gasteiger partial charge in [0.1, 0.15) is 12.4 Å². The van der Waals surface area contributed by atoms with Crippen molar-refractivity contribution in [2.24, 2.45) is 0 Å². The van der Waals surface area contributed by atoms with Crippen molar-refractivity contribution in [2.75, 3.05) is 5.32 Å². The summed E-state index contributed by atoms with van der Waals surface area (Å²) >= 11 is 1.42. The fraction of sp³-hybridized carbons (Fsp3) is 0.300. The molecular weight excluding hydrogens is 346 g/mol. The lowest BCUT2D eigenvalue weighted by molar-refractivity contribution is 0.103. The van der Waals surface area contributed by atoms with Crippen LogP contribution in [0.25, 0.3) is 0 Å². The Balaban J connectivity index is 1.65. The molecule has 136 valence electrons. The van der Waals surface area contributed by atoms with Gasteiger partial charge < -0.3 is 10.1 Å². The number of nitrogens with zero attached hydrogens (tertiary/aromatic N) is 2. The van der Waals surface area contributed by atoms with Crippen molar-refractivity contribution in [3.8, 4) is 5.75 Å². The lowest BCUT2D eigenvalue weighted by Gasteiger charge is -2.10. The van der Waals surface area contributed by atoms with Crippen LogP contribution in [0, 0.1) is 20.8 Å². The fourth-order valence-electron chi connectivity index (χ4n) is 2.82. The summed E-state index contributed by atoms with van der Waals surface area (Å²) in [6.45, 7) is 9.27. The van der Waals surface area contributed by atoms with E-state index in [1.54, 1.807) is 6.20 Å². The van der Waals surface area contributed by atoms with Gasteiger partial charge in [-0.2, -0.15) is 5.10 Å². The predicted molar refractivity (Wildman–Crippen MR) is 105 cm³/mol. The summed E-state index contributed by atoms with van der Waals surface area (Å²) in [4.78, 5) is 13.1. The topological polar surface area (TPSA) is 56.2 Å². The van der Waals surface area contributed by atoms with Gasteiger partial charge in [-0.15, -0.1) is 11.3 Å². The van der Waals surface area contributed by atoms with E-state index in [-0.39, 0.29) is 5.91 Å². The number of hydrogen-bond acceptors (Lipinski definition) is 4. The Labute approximate surface area is 157 Å². The third kappa shape index (κ3) is 3.80. The van der Waals surface area contributed by atoms with Crippen molar-refractivity contribution in [1.82, 2.24) is 9.78 Å². The van der Waals surface area contributed by atoms with Gasteiger partial charge in [-0.1, -0.05) is 18.2 Å². The number of ether oxygens (including phenoxy) is 1. The van der Waals surface area contributed by atoms with Crippen LogP contribution >= 0.6 is 11.3 Å². The van der Waals surface area contributed by atoms with Gasteiger partial charge in [-0.3, -0.25) is 9.48 Å². The van der Waals surface area contributed by atoms with E-state index < -0.39 is 0 Å². The van der Waals surface area contributed by atoms with E-state index in [4.69, 9.17) is 4.74 Å². The van der Waals surface area contributed by atoms with Crippen LogP contribution in [0.3, 0.4) is 0 Å². The average molecular weight is 369 g/mol. The molecule has 0 aliphatic rings. The molecule has 3 rings (SSSR count). The smallest absolute Gasteiger partial charge is 0.265 e. The Morgan fingerprint density at radius 1 is 1.27 bits per heavy atom. The molecule has 0 radical (unpaired) electrons. The summed E-state index contributed by atoms with van der Waals surface area (Å²) in [6.07, 6.45) is 1.69. The first kappa shape index (κ1) is 18.2. The number of hydrogen-bond donors (Lipinski definition) is 1. The maximum atomic E-state index is 12.5. The molecule has 0 saturated carbocycles. The molecule has 6 heteroatoms. The minimum absolute atomic E-state index is 0.118. The Morgan fingerprint density at radius 2 is 2.00 bits per heavy atom. The van der Waals surface area contributed by atoms with Gasteiger partial charge in [-0.05, 0) is 50.3 Å². The zero-order chi connectivity index (χ0) is 18.7. The zero-order valence-electron chi connectivity index (χ0n) is 15.5. The molecular formula is C20H23N3O2S. The Kier molecular flexibility index (Phi) is 5.42. The minimum atomic E-state index is -0.118. The number of carbonyl (C=O) groups excluding carboxylic acids is 1. The number of amides is 1. The highest BCUT2D eigenvalue weighted by molar-refractivity contribution is 7.12. The average Bonchev–Trinajstić information content (AvgIpc) is 3.22. The molecule has 0 spiro atoms. The largest absolute Gasteiger partial charge is 0.488 e. The van der Waals surface area contributed by atoms with E-state index in [1.807, 2.05) is 62.0 Å². The molecule has 0 aliphatic carbocycles. The summed E-state index contributed by atoms with van der Waals surface area (Å²) < 4.78 is 7.82. The Morgan fingerprint density at radius 3 is 2.65 bits per heavy atom.